The van der Waals surface area contributed by atoms with Crippen LogP contribution in [0.3, 0.4) is 0 Å². The Hall–Kier alpha value is -4.39. The van der Waals surface area contributed by atoms with E-state index < -0.39 is 53.3 Å². The standard InChI is InChI=1S/C28H23F6N3O4/c1-2-37-26(40)22(15-41-37)35-25(39)21-12-10-16(19-8-3-4-9-20(19)21)11-13-23(38)36-24(28(32,33)34)17-6-5-7-18(14-17)27(29,30)31/h3-14,22,24H,2,15H2,1H3,(H,35,39)(H,36,38)/b13-11+. The summed E-state index contributed by atoms with van der Waals surface area (Å²) in [6.45, 7) is 2.01. The smallest absolute Gasteiger partial charge is 0.338 e. The van der Waals surface area contributed by atoms with Crippen molar-refractivity contribution >= 4 is 34.6 Å². The van der Waals surface area contributed by atoms with Crippen LogP contribution in [-0.2, 0) is 20.6 Å². The highest BCUT2D eigenvalue weighted by Crippen LogP contribution is 2.36. The van der Waals surface area contributed by atoms with Gasteiger partial charge < -0.3 is 10.6 Å². The highest BCUT2D eigenvalue weighted by Gasteiger charge is 2.42. The molecule has 4 rings (SSSR count). The van der Waals surface area contributed by atoms with Crippen LogP contribution in [0.1, 0.15) is 40.0 Å². The number of amides is 3. The Balaban J connectivity index is 1.55. The van der Waals surface area contributed by atoms with Gasteiger partial charge in [-0.2, -0.15) is 26.3 Å². The minimum atomic E-state index is -5.07. The molecule has 216 valence electrons. The first kappa shape index (κ1) is 29.6. The number of nitrogens with one attached hydrogen (secondary N) is 2. The lowest BCUT2D eigenvalue weighted by Crippen LogP contribution is -2.42. The Labute approximate surface area is 229 Å². The van der Waals surface area contributed by atoms with Crippen molar-refractivity contribution in [2.45, 2.75) is 31.4 Å². The summed E-state index contributed by atoms with van der Waals surface area (Å²) in [6, 6.07) is 8.57. The molecule has 1 saturated heterocycles. The van der Waals surface area contributed by atoms with Crippen molar-refractivity contribution in [3.63, 3.8) is 0 Å². The van der Waals surface area contributed by atoms with Gasteiger partial charge in [0.15, 0.2) is 6.04 Å². The Morgan fingerprint density at radius 2 is 1.73 bits per heavy atom. The number of hydrogen-bond donors (Lipinski definition) is 2. The quantitative estimate of drug-likeness (QED) is 0.298. The summed E-state index contributed by atoms with van der Waals surface area (Å²) in [6.07, 6.45) is -7.89. The third-order valence-corrected chi connectivity index (χ3v) is 6.31. The summed E-state index contributed by atoms with van der Waals surface area (Å²) in [7, 11) is 0. The highest BCUT2D eigenvalue weighted by atomic mass is 19.4. The first-order valence-electron chi connectivity index (χ1n) is 12.3. The molecule has 3 amide bonds. The molecule has 0 spiro atoms. The zero-order valence-electron chi connectivity index (χ0n) is 21.3. The predicted octanol–water partition coefficient (Wildman–Crippen LogP) is 5.18. The molecule has 7 nitrogen and oxygen atoms in total. The zero-order chi connectivity index (χ0) is 29.9. The van der Waals surface area contributed by atoms with E-state index in [4.69, 9.17) is 4.84 Å². The monoisotopic (exact) mass is 579 g/mol. The fourth-order valence-electron chi connectivity index (χ4n) is 4.33. The number of nitrogens with zero attached hydrogens (tertiary/aromatic N) is 1. The molecule has 1 fully saturated rings. The highest BCUT2D eigenvalue weighted by molar-refractivity contribution is 6.10. The van der Waals surface area contributed by atoms with Gasteiger partial charge in [-0.25, -0.2) is 5.06 Å². The molecular weight excluding hydrogens is 556 g/mol. The van der Waals surface area contributed by atoms with Gasteiger partial charge in [0.1, 0.15) is 12.6 Å². The lowest BCUT2D eigenvalue weighted by Gasteiger charge is -2.22. The lowest BCUT2D eigenvalue weighted by atomic mass is 9.98. The minimum Gasteiger partial charge on any atom is -0.338 e. The Bertz CT molecular complexity index is 1500. The molecule has 0 bridgehead atoms. The van der Waals surface area contributed by atoms with E-state index in [0.29, 0.717) is 35.0 Å². The Morgan fingerprint density at radius 3 is 2.37 bits per heavy atom. The van der Waals surface area contributed by atoms with Gasteiger partial charge in [0.2, 0.25) is 5.91 Å². The summed E-state index contributed by atoms with van der Waals surface area (Å²) in [5.74, 6) is -2.14. The maximum absolute atomic E-state index is 13.7. The second kappa shape index (κ2) is 11.6. The molecule has 3 aromatic carbocycles. The van der Waals surface area contributed by atoms with Crippen molar-refractivity contribution in [3.05, 3.63) is 89.0 Å². The van der Waals surface area contributed by atoms with E-state index in [1.807, 2.05) is 0 Å². The van der Waals surface area contributed by atoms with Crippen LogP contribution in [0.25, 0.3) is 16.8 Å². The van der Waals surface area contributed by atoms with Crippen LogP contribution in [0.2, 0.25) is 0 Å². The summed E-state index contributed by atoms with van der Waals surface area (Å²) in [5.41, 5.74) is -1.46. The van der Waals surface area contributed by atoms with Crippen LogP contribution in [0, 0.1) is 0 Å². The van der Waals surface area contributed by atoms with Crippen LogP contribution >= 0.6 is 0 Å². The topological polar surface area (TPSA) is 87.7 Å². The minimum absolute atomic E-state index is 0.0221. The fraction of sp³-hybridized carbons (Fsp3) is 0.250. The first-order valence-corrected chi connectivity index (χ1v) is 12.3. The number of rotatable bonds is 7. The van der Waals surface area contributed by atoms with Crippen LogP contribution in [0.5, 0.6) is 0 Å². The summed E-state index contributed by atoms with van der Waals surface area (Å²) >= 11 is 0. The molecule has 3 aromatic rings. The van der Waals surface area contributed by atoms with Crippen molar-refractivity contribution < 1.29 is 45.6 Å². The van der Waals surface area contributed by atoms with Gasteiger partial charge in [0, 0.05) is 18.2 Å². The van der Waals surface area contributed by atoms with E-state index >= 15 is 0 Å². The van der Waals surface area contributed by atoms with Crippen molar-refractivity contribution in [2.24, 2.45) is 0 Å². The van der Waals surface area contributed by atoms with Gasteiger partial charge >= 0.3 is 12.4 Å². The van der Waals surface area contributed by atoms with Gasteiger partial charge in [-0.3, -0.25) is 19.2 Å². The molecule has 1 aliphatic heterocycles. The van der Waals surface area contributed by atoms with Gasteiger partial charge in [-0.15, -0.1) is 0 Å². The maximum atomic E-state index is 13.7. The van der Waals surface area contributed by atoms with Gasteiger partial charge in [-0.1, -0.05) is 42.5 Å². The molecule has 1 aliphatic rings. The van der Waals surface area contributed by atoms with E-state index in [-0.39, 0.29) is 12.2 Å². The van der Waals surface area contributed by atoms with Gasteiger partial charge in [0.25, 0.3) is 11.8 Å². The Kier molecular flexibility index (Phi) is 8.38. The van der Waals surface area contributed by atoms with E-state index in [1.165, 1.54) is 18.2 Å². The van der Waals surface area contributed by atoms with Crippen molar-refractivity contribution in [1.82, 2.24) is 15.7 Å². The third-order valence-electron chi connectivity index (χ3n) is 6.31. The number of hydrogen-bond acceptors (Lipinski definition) is 4. The zero-order valence-corrected chi connectivity index (χ0v) is 21.3. The Morgan fingerprint density at radius 1 is 1.02 bits per heavy atom. The second-order valence-corrected chi connectivity index (χ2v) is 9.04. The predicted molar refractivity (Wildman–Crippen MR) is 136 cm³/mol. The number of fused-ring (bicyclic) bond motifs is 1. The van der Waals surface area contributed by atoms with E-state index in [0.717, 1.165) is 23.3 Å². The van der Waals surface area contributed by atoms with Crippen LogP contribution in [0.15, 0.2) is 66.7 Å². The van der Waals surface area contributed by atoms with Gasteiger partial charge in [-0.05, 0) is 53.1 Å². The van der Waals surface area contributed by atoms with Crippen molar-refractivity contribution in [1.29, 1.82) is 0 Å². The van der Waals surface area contributed by atoms with Gasteiger partial charge in [0.05, 0.1) is 5.56 Å². The lowest BCUT2D eigenvalue weighted by molar-refractivity contribution is -0.162. The molecular formula is C28H23F6N3O4. The SMILES string of the molecule is CCN1OCC(NC(=O)c2ccc(/C=C/C(=O)NC(c3cccc(C(F)(F)F)c3)C(F)(F)F)c3ccccc23)C1=O. The molecule has 0 radical (unpaired) electrons. The number of carbonyl (C=O) groups excluding carboxylic acids is 3. The van der Waals surface area contributed by atoms with Crippen LogP contribution in [-0.4, -0.2) is 48.2 Å². The number of halogens is 6. The second-order valence-electron chi connectivity index (χ2n) is 9.04. The molecule has 41 heavy (non-hydrogen) atoms. The average Bonchev–Trinajstić information content (AvgIpc) is 3.27. The van der Waals surface area contributed by atoms with E-state index in [2.05, 4.69) is 5.32 Å². The molecule has 0 aliphatic carbocycles. The van der Waals surface area contributed by atoms with Crippen LogP contribution in [0.4, 0.5) is 26.3 Å². The molecule has 2 atom stereocenters. The molecule has 1 heterocycles. The normalized spacial score (nSPS) is 16.8. The van der Waals surface area contributed by atoms with Crippen LogP contribution < -0.4 is 10.6 Å². The molecule has 0 saturated carbocycles. The number of alkyl halides is 6. The van der Waals surface area contributed by atoms with Crippen molar-refractivity contribution in [2.75, 3.05) is 13.2 Å². The summed E-state index contributed by atoms with van der Waals surface area (Å²) in [5, 5.41) is 6.41. The third kappa shape index (κ3) is 6.68. The molecule has 2 unspecified atom stereocenters. The van der Waals surface area contributed by atoms with E-state index in [1.54, 1.807) is 36.5 Å². The number of benzene rings is 3. The first-order chi connectivity index (χ1) is 19.3. The summed E-state index contributed by atoms with van der Waals surface area (Å²) < 4.78 is 80.2. The number of carbonyl (C=O) groups is 3. The largest absolute Gasteiger partial charge is 0.416 e. The fourth-order valence-corrected chi connectivity index (χ4v) is 4.33. The maximum Gasteiger partial charge on any atom is 0.416 e. The number of likely N-dealkylation sites (N-methyl/N-ethyl adjacent to an activating group) is 1. The summed E-state index contributed by atoms with van der Waals surface area (Å²) in [4.78, 5) is 43.0. The molecule has 2 N–H and O–H groups in total. The average molecular weight is 579 g/mol. The molecule has 0 aromatic heterocycles. The van der Waals surface area contributed by atoms with E-state index in [9.17, 15) is 40.7 Å². The number of hydroxylamine groups is 2. The van der Waals surface area contributed by atoms with Crippen molar-refractivity contribution in [3.8, 4) is 0 Å². The molecule has 13 heteroatoms.